The molecular weight excluding hydrogens is 401 g/mol. The predicted octanol–water partition coefficient (Wildman–Crippen LogP) is 4.82. The first kappa shape index (κ1) is 19.8. The highest BCUT2D eigenvalue weighted by molar-refractivity contribution is 7.17. The Morgan fingerprint density at radius 3 is 2.60 bits per heavy atom. The number of aromatic amines is 1. The number of aromatic nitrogens is 1. The minimum Gasteiger partial charge on any atom is -0.361 e. The number of hydrogen-bond acceptors (Lipinski definition) is 3. The number of hydrogen-bond donors (Lipinski definition) is 3. The standard InChI is InChI=1S/C23H20FN3O2S/c24-17-10-8-15(9-11-17)20-12-13-21(30-20)23(29)27-26-22(28)7-3-4-16-14-25-19-6-2-1-5-18(16)19/h1-2,5-6,8-14,25H,3-4,7H2,(H,26,28)(H,27,29). The first-order chi connectivity index (χ1) is 14.6. The van der Waals surface area contributed by atoms with Gasteiger partial charge in [0.2, 0.25) is 5.91 Å². The van der Waals surface area contributed by atoms with E-state index >= 15 is 0 Å². The summed E-state index contributed by atoms with van der Waals surface area (Å²) in [6, 6.07) is 17.6. The van der Waals surface area contributed by atoms with E-state index in [9.17, 15) is 14.0 Å². The molecular formula is C23H20FN3O2S. The Labute approximate surface area is 176 Å². The van der Waals surface area contributed by atoms with Crippen molar-refractivity contribution in [1.82, 2.24) is 15.8 Å². The smallest absolute Gasteiger partial charge is 0.279 e. The fourth-order valence-electron chi connectivity index (χ4n) is 3.26. The van der Waals surface area contributed by atoms with Gasteiger partial charge in [-0.15, -0.1) is 11.3 Å². The molecule has 0 atom stereocenters. The fraction of sp³-hybridized carbons (Fsp3) is 0.130. The predicted molar refractivity (Wildman–Crippen MR) is 117 cm³/mol. The summed E-state index contributed by atoms with van der Waals surface area (Å²) >= 11 is 1.28. The second-order valence-corrected chi connectivity index (χ2v) is 7.97. The van der Waals surface area contributed by atoms with Gasteiger partial charge in [0.05, 0.1) is 4.88 Å². The van der Waals surface area contributed by atoms with Crippen LogP contribution in [-0.2, 0) is 11.2 Å². The van der Waals surface area contributed by atoms with E-state index in [-0.39, 0.29) is 17.6 Å². The topological polar surface area (TPSA) is 74.0 Å². The molecule has 0 spiro atoms. The van der Waals surface area contributed by atoms with Crippen molar-refractivity contribution in [3.8, 4) is 10.4 Å². The lowest BCUT2D eigenvalue weighted by molar-refractivity contribution is -0.121. The number of hydrazine groups is 1. The molecule has 2 aromatic carbocycles. The average molecular weight is 421 g/mol. The lowest BCUT2D eigenvalue weighted by atomic mass is 10.1. The Balaban J connectivity index is 1.25. The SMILES string of the molecule is O=C(CCCc1c[nH]c2ccccc12)NNC(=O)c1ccc(-c2ccc(F)cc2)s1. The number of halogens is 1. The molecule has 0 aliphatic heterocycles. The van der Waals surface area contributed by atoms with Gasteiger partial charge in [0, 0.05) is 28.4 Å². The molecule has 2 aromatic heterocycles. The largest absolute Gasteiger partial charge is 0.361 e. The van der Waals surface area contributed by atoms with Crippen molar-refractivity contribution in [2.75, 3.05) is 0 Å². The summed E-state index contributed by atoms with van der Waals surface area (Å²) in [5.74, 6) is -0.919. The summed E-state index contributed by atoms with van der Waals surface area (Å²) in [6.07, 6.45) is 3.74. The van der Waals surface area contributed by atoms with Crippen LogP contribution in [0.4, 0.5) is 4.39 Å². The number of amides is 2. The van der Waals surface area contributed by atoms with Crippen LogP contribution >= 0.6 is 11.3 Å². The zero-order valence-electron chi connectivity index (χ0n) is 16.1. The van der Waals surface area contributed by atoms with Gasteiger partial charge < -0.3 is 4.98 Å². The summed E-state index contributed by atoms with van der Waals surface area (Å²) in [6.45, 7) is 0. The molecule has 0 aliphatic rings. The number of carbonyl (C=O) groups excluding carboxylic acids is 2. The monoisotopic (exact) mass is 421 g/mol. The van der Waals surface area contributed by atoms with Gasteiger partial charge in [-0.25, -0.2) is 4.39 Å². The number of thiophene rings is 1. The Hall–Kier alpha value is -3.45. The number of benzene rings is 2. The van der Waals surface area contributed by atoms with Gasteiger partial charge in [0.25, 0.3) is 5.91 Å². The van der Waals surface area contributed by atoms with E-state index in [2.05, 4.69) is 21.9 Å². The van der Waals surface area contributed by atoms with Crippen molar-refractivity contribution in [3.63, 3.8) is 0 Å². The number of H-pyrrole nitrogens is 1. The van der Waals surface area contributed by atoms with Crippen molar-refractivity contribution in [2.45, 2.75) is 19.3 Å². The third-order valence-corrected chi connectivity index (χ3v) is 5.93. The van der Waals surface area contributed by atoms with Crippen LogP contribution in [0.2, 0.25) is 0 Å². The normalized spacial score (nSPS) is 10.8. The molecule has 0 saturated heterocycles. The molecule has 2 heterocycles. The molecule has 4 aromatic rings. The lowest BCUT2D eigenvalue weighted by Gasteiger charge is -2.06. The molecule has 0 bridgehead atoms. The quantitative estimate of drug-likeness (QED) is 0.391. The van der Waals surface area contributed by atoms with Gasteiger partial charge in [-0.1, -0.05) is 30.3 Å². The van der Waals surface area contributed by atoms with Crippen molar-refractivity contribution >= 4 is 34.1 Å². The third-order valence-electron chi connectivity index (χ3n) is 4.80. The van der Waals surface area contributed by atoms with Crippen molar-refractivity contribution in [3.05, 3.63) is 83.1 Å². The zero-order valence-corrected chi connectivity index (χ0v) is 16.9. The van der Waals surface area contributed by atoms with Crippen LogP contribution in [0.1, 0.15) is 28.1 Å². The minimum atomic E-state index is -0.377. The maximum atomic E-state index is 13.0. The second-order valence-electron chi connectivity index (χ2n) is 6.89. The van der Waals surface area contributed by atoms with Gasteiger partial charge >= 0.3 is 0 Å². The van der Waals surface area contributed by atoms with Gasteiger partial charge in [-0.05, 0) is 54.3 Å². The summed E-state index contributed by atoms with van der Waals surface area (Å²) in [4.78, 5) is 28.9. The van der Waals surface area contributed by atoms with E-state index in [0.29, 0.717) is 17.7 Å². The van der Waals surface area contributed by atoms with Gasteiger partial charge in [0.1, 0.15) is 5.82 Å². The molecule has 0 unspecified atom stereocenters. The molecule has 3 N–H and O–H groups in total. The fourth-order valence-corrected chi connectivity index (χ4v) is 4.16. The van der Waals surface area contributed by atoms with E-state index in [4.69, 9.17) is 0 Å². The molecule has 152 valence electrons. The summed E-state index contributed by atoms with van der Waals surface area (Å²) in [7, 11) is 0. The molecule has 4 rings (SSSR count). The molecule has 7 heteroatoms. The molecule has 0 saturated carbocycles. The number of carbonyl (C=O) groups is 2. The number of nitrogens with one attached hydrogen (secondary N) is 3. The van der Waals surface area contributed by atoms with Crippen LogP contribution in [0, 0.1) is 5.82 Å². The van der Waals surface area contributed by atoms with Crippen molar-refractivity contribution < 1.29 is 14.0 Å². The highest BCUT2D eigenvalue weighted by atomic mass is 32.1. The van der Waals surface area contributed by atoms with Crippen molar-refractivity contribution in [2.24, 2.45) is 0 Å². The molecule has 0 aliphatic carbocycles. The van der Waals surface area contributed by atoms with Crippen molar-refractivity contribution in [1.29, 1.82) is 0 Å². The van der Waals surface area contributed by atoms with E-state index in [0.717, 1.165) is 22.4 Å². The van der Waals surface area contributed by atoms with Gasteiger partial charge in [-0.3, -0.25) is 20.4 Å². The molecule has 0 radical (unpaired) electrons. The summed E-state index contributed by atoms with van der Waals surface area (Å²) < 4.78 is 13.0. The zero-order chi connectivity index (χ0) is 20.9. The van der Waals surface area contributed by atoms with Crippen LogP contribution in [-0.4, -0.2) is 16.8 Å². The first-order valence-electron chi connectivity index (χ1n) is 9.60. The average Bonchev–Trinajstić information content (AvgIpc) is 3.41. The summed E-state index contributed by atoms with van der Waals surface area (Å²) in [5.41, 5.74) is 8.01. The minimum absolute atomic E-state index is 0.237. The second kappa shape index (κ2) is 8.92. The van der Waals surface area contributed by atoms with E-state index < -0.39 is 0 Å². The van der Waals surface area contributed by atoms with E-state index in [1.165, 1.54) is 34.4 Å². The Bertz CT molecular complexity index is 1180. The number of fused-ring (bicyclic) bond motifs is 1. The summed E-state index contributed by atoms with van der Waals surface area (Å²) in [5, 5.41) is 1.17. The van der Waals surface area contributed by atoms with Gasteiger partial charge in [-0.2, -0.15) is 0 Å². The van der Waals surface area contributed by atoms with Crippen LogP contribution in [0.5, 0.6) is 0 Å². The lowest BCUT2D eigenvalue weighted by Crippen LogP contribution is -2.41. The Kier molecular flexibility index (Phi) is 5.90. The molecule has 5 nitrogen and oxygen atoms in total. The molecule has 30 heavy (non-hydrogen) atoms. The third kappa shape index (κ3) is 4.58. The maximum Gasteiger partial charge on any atom is 0.279 e. The van der Waals surface area contributed by atoms with Crippen LogP contribution in [0.15, 0.2) is 66.9 Å². The van der Waals surface area contributed by atoms with E-state index in [1.54, 1.807) is 24.3 Å². The molecule has 0 fully saturated rings. The number of para-hydroxylation sites is 1. The number of rotatable bonds is 6. The molecule has 2 amide bonds. The Morgan fingerprint density at radius 2 is 1.77 bits per heavy atom. The van der Waals surface area contributed by atoms with Crippen LogP contribution in [0.3, 0.4) is 0 Å². The van der Waals surface area contributed by atoms with E-state index in [1.807, 2.05) is 24.4 Å². The number of aryl methyl sites for hydroxylation is 1. The first-order valence-corrected chi connectivity index (χ1v) is 10.4. The van der Waals surface area contributed by atoms with Gasteiger partial charge in [0.15, 0.2) is 0 Å². The van der Waals surface area contributed by atoms with Crippen LogP contribution < -0.4 is 10.9 Å². The Morgan fingerprint density at radius 1 is 0.967 bits per heavy atom. The highest BCUT2D eigenvalue weighted by Crippen LogP contribution is 2.28. The maximum absolute atomic E-state index is 13.0. The highest BCUT2D eigenvalue weighted by Gasteiger charge is 2.12. The van der Waals surface area contributed by atoms with Crippen LogP contribution in [0.25, 0.3) is 21.3 Å².